The molecule has 1 aromatic carbocycles. The van der Waals surface area contributed by atoms with Crippen molar-refractivity contribution in [3.8, 4) is 0 Å². The van der Waals surface area contributed by atoms with Crippen LogP contribution in [0.15, 0.2) is 23.1 Å². The van der Waals surface area contributed by atoms with Gasteiger partial charge in [-0.15, -0.1) is 12.6 Å². The third-order valence-corrected chi connectivity index (χ3v) is 2.00. The number of carbonyl (C=O) groups excluding carboxylic acids is 1. The smallest absolute Gasteiger partial charge is 0.150 e. The molecule has 0 saturated heterocycles. The Kier molecular flexibility index (Phi) is 2.76. The van der Waals surface area contributed by atoms with E-state index in [4.69, 9.17) is 0 Å². The first kappa shape index (κ1) is 9.13. The van der Waals surface area contributed by atoms with Crippen molar-refractivity contribution in [2.24, 2.45) is 0 Å². The van der Waals surface area contributed by atoms with Gasteiger partial charge in [-0.3, -0.25) is 4.79 Å². The lowest BCUT2D eigenvalue weighted by molar-refractivity contribution is 0.112. The largest absolute Gasteiger partial charge is 0.377 e. The molecule has 0 heterocycles. The SMILES string of the molecule is CN(C)c1cc(C=O)ccc1S. The summed E-state index contributed by atoms with van der Waals surface area (Å²) in [6, 6.07) is 5.39. The number of rotatable bonds is 2. The Bertz CT molecular complexity index is 297. The van der Waals surface area contributed by atoms with Crippen molar-refractivity contribution in [3.63, 3.8) is 0 Å². The van der Waals surface area contributed by atoms with E-state index in [2.05, 4.69) is 12.6 Å². The molecule has 0 aromatic heterocycles. The second-order valence-corrected chi connectivity index (χ2v) is 3.24. The van der Waals surface area contributed by atoms with Crippen LogP contribution in [0.25, 0.3) is 0 Å². The number of hydrogen-bond acceptors (Lipinski definition) is 3. The van der Waals surface area contributed by atoms with E-state index < -0.39 is 0 Å². The fourth-order valence-corrected chi connectivity index (χ4v) is 1.31. The van der Waals surface area contributed by atoms with Gasteiger partial charge in [0.25, 0.3) is 0 Å². The highest BCUT2D eigenvalue weighted by molar-refractivity contribution is 7.80. The maximum Gasteiger partial charge on any atom is 0.150 e. The Morgan fingerprint density at radius 3 is 2.58 bits per heavy atom. The van der Waals surface area contributed by atoms with E-state index in [9.17, 15) is 4.79 Å². The summed E-state index contributed by atoms with van der Waals surface area (Å²) in [5.74, 6) is 0. The van der Waals surface area contributed by atoms with Gasteiger partial charge < -0.3 is 4.90 Å². The Labute approximate surface area is 77.6 Å². The molecule has 3 heteroatoms. The second kappa shape index (κ2) is 3.63. The van der Waals surface area contributed by atoms with Crippen LogP contribution >= 0.6 is 12.6 Å². The van der Waals surface area contributed by atoms with Gasteiger partial charge in [0.1, 0.15) is 6.29 Å². The maximum absolute atomic E-state index is 10.4. The molecule has 0 unspecified atom stereocenters. The summed E-state index contributed by atoms with van der Waals surface area (Å²) in [6.45, 7) is 0. The van der Waals surface area contributed by atoms with Gasteiger partial charge >= 0.3 is 0 Å². The Morgan fingerprint density at radius 2 is 2.08 bits per heavy atom. The molecule has 1 rings (SSSR count). The Balaban J connectivity index is 3.16. The maximum atomic E-state index is 10.4. The molecule has 2 nitrogen and oxygen atoms in total. The summed E-state index contributed by atoms with van der Waals surface area (Å²) < 4.78 is 0. The monoisotopic (exact) mass is 181 g/mol. The minimum Gasteiger partial charge on any atom is -0.377 e. The molecule has 64 valence electrons. The van der Waals surface area contributed by atoms with Crippen LogP contribution in [0, 0.1) is 0 Å². The topological polar surface area (TPSA) is 20.3 Å². The van der Waals surface area contributed by atoms with Crippen molar-refractivity contribution in [2.75, 3.05) is 19.0 Å². The lowest BCUT2D eigenvalue weighted by Gasteiger charge is -2.14. The van der Waals surface area contributed by atoms with E-state index in [1.165, 1.54) is 0 Å². The normalized spacial score (nSPS) is 9.58. The lowest BCUT2D eigenvalue weighted by atomic mass is 10.2. The molecule has 0 aliphatic heterocycles. The molecule has 0 spiro atoms. The highest BCUT2D eigenvalue weighted by Crippen LogP contribution is 2.22. The fourth-order valence-electron chi connectivity index (χ4n) is 0.972. The Hall–Kier alpha value is -0.960. The predicted molar refractivity (Wildman–Crippen MR) is 53.4 cm³/mol. The summed E-state index contributed by atoms with van der Waals surface area (Å²) >= 11 is 4.27. The average molecular weight is 181 g/mol. The molecule has 0 amide bonds. The van der Waals surface area contributed by atoms with E-state index in [0.29, 0.717) is 5.56 Å². The van der Waals surface area contributed by atoms with Gasteiger partial charge in [0.05, 0.1) is 5.69 Å². The van der Waals surface area contributed by atoms with Crippen LogP contribution in [-0.4, -0.2) is 20.4 Å². The molecular formula is C9H11NOS. The Morgan fingerprint density at radius 1 is 1.42 bits per heavy atom. The molecule has 0 bridgehead atoms. The van der Waals surface area contributed by atoms with E-state index in [1.54, 1.807) is 6.07 Å². The number of nitrogens with zero attached hydrogens (tertiary/aromatic N) is 1. The molecule has 0 N–H and O–H groups in total. The summed E-state index contributed by atoms with van der Waals surface area (Å²) in [7, 11) is 3.84. The van der Waals surface area contributed by atoms with Crippen molar-refractivity contribution >= 4 is 24.6 Å². The number of thiol groups is 1. The van der Waals surface area contributed by atoms with E-state index in [-0.39, 0.29) is 0 Å². The number of carbonyl (C=O) groups is 1. The minimum absolute atomic E-state index is 0.677. The van der Waals surface area contributed by atoms with Crippen molar-refractivity contribution in [2.45, 2.75) is 4.90 Å². The molecule has 0 radical (unpaired) electrons. The standard InChI is InChI=1S/C9H11NOS/c1-10(2)8-5-7(6-11)3-4-9(8)12/h3-6,12H,1-2H3. The zero-order valence-corrected chi connectivity index (χ0v) is 8.01. The van der Waals surface area contributed by atoms with E-state index in [0.717, 1.165) is 16.9 Å². The van der Waals surface area contributed by atoms with Crippen molar-refractivity contribution in [1.29, 1.82) is 0 Å². The van der Waals surface area contributed by atoms with Gasteiger partial charge in [-0.05, 0) is 12.1 Å². The highest BCUT2D eigenvalue weighted by Gasteiger charge is 2.01. The van der Waals surface area contributed by atoms with Crippen molar-refractivity contribution in [3.05, 3.63) is 23.8 Å². The number of benzene rings is 1. The molecule has 0 atom stereocenters. The quantitative estimate of drug-likeness (QED) is 0.555. The predicted octanol–water partition coefficient (Wildman–Crippen LogP) is 1.85. The van der Waals surface area contributed by atoms with Gasteiger partial charge in [0.2, 0.25) is 0 Å². The van der Waals surface area contributed by atoms with Gasteiger partial charge in [-0.2, -0.15) is 0 Å². The van der Waals surface area contributed by atoms with Crippen molar-refractivity contribution < 1.29 is 4.79 Å². The van der Waals surface area contributed by atoms with Crippen LogP contribution in [0.1, 0.15) is 10.4 Å². The van der Waals surface area contributed by atoms with Gasteiger partial charge in [-0.1, -0.05) is 6.07 Å². The molecule has 0 fully saturated rings. The summed E-state index contributed by atoms with van der Waals surface area (Å²) in [5, 5.41) is 0. The van der Waals surface area contributed by atoms with Crippen LogP contribution in [0.5, 0.6) is 0 Å². The molecule has 12 heavy (non-hydrogen) atoms. The number of aldehydes is 1. The molecule has 0 saturated carbocycles. The van der Waals surface area contributed by atoms with Crippen LogP contribution < -0.4 is 4.90 Å². The molecular weight excluding hydrogens is 170 g/mol. The van der Waals surface area contributed by atoms with Crippen LogP contribution in [0.4, 0.5) is 5.69 Å². The van der Waals surface area contributed by atoms with Gasteiger partial charge in [-0.25, -0.2) is 0 Å². The third-order valence-electron chi connectivity index (χ3n) is 1.62. The number of hydrogen-bond donors (Lipinski definition) is 1. The highest BCUT2D eigenvalue weighted by atomic mass is 32.1. The lowest BCUT2D eigenvalue weighted by Crippen LogP contribution is -2.09. The number of anilines is 1. The summed E-state index contributed by atoms with van der Waals surface area (Å²) in [4.78, 5) is 13.3. The van der Waals surface area contributed by atoms with E-state index >= 15 is 0 Å². The summed E-state index contributed by atoms with van der Waals surface area (Å²) in [6.07, 6.45) is 0.834. The van der Waals surface area contributed by atoms with E-state index in [1.807, 2.05) is 31.1 Å². The first-order valence-corrected chi connectivity index (χ1v) is 4.05. The van der Waals surface area contributed by atoms with Crippen molar-refractivity contribution in [1.82, 2.24) is 0 Å². The summed E-state index contributed by atoms with van der Waals surface area (Å²) in [5.41, 5.74) is 1.64. The second-order valence-electron chi connectivity index (χ2n) is 2.76. The third kappa shape index (κ3) is 1.80. The minimum atomic E-state index is 0.677. The average Bonchev–Trinajstić information content (AvgIpc) is 2.05. The molecule has 0 aliphatic carbocycles. The van der Waals surface area contributed by atoms with Gasteiger partial charge in [0.15, 0.2) is 0 Å². The van der Waals surface area contributed by atoms with Crippen LogP contribution in [0.3, 0.4) is 0 Å². The first-order valence-electron chi connectivity index (χ1n) is 3.60. The molecule has 1 aromatic rings. The molecule has 0 aliphatic rings. The first-order chi connectivity index (χ1) is 5.65. The van der Waals surface area contributed by atoms with Crippen LogP contribution in [-0.2, 0) is 0 Å². The zero-order chi connectivity index (χ0) is 9.14. The van der Waals surface area contributed by atoms with Crippen LogP contribution in [0.2, 0.25) is 0 Å². The zero-order valence-electron chi connectivity index (χ0n) is 7.11. The fraction of sp³-hybridized carbons (Fsp3) is 0.222. The van der Waals surface area contributed by atoms with Gasteiger partial charge in [0, 0.05) is 24.6 Å².